The molecule has 1 aliphatic heterocycles. The van der Waals surface area contributed by atoms with E-state index in [0.29, 0.717) is 10.4 Å². The van der Waals surface area contributed by atoms with Crippen molar-refractivity contribution < 1.29 is 8.42 Å². The van der Waals surface area contributed by atoms with Crippen LogP contribution in [0.5, 0.6) is 0 Å². The molecule has 0 spiro atoms. The van der Waals surface area contributed by atoms with Gasteiger partial charge in [0.05, 0.1) is 10.4 Å². The molecule has 114 valence electrons. The summed E-state index contributed by atoms with van der Waals surface area (Å²) in [5, 5.41) is 3.41. The van der Waals surface area contributed by atoms with Gasteiger partial charge in [0.15, 0.2) is 9.84 Å². The number of hydrogen-bond acceptors (Lipinski definition) is 4. The number of aromatic nitrogens is 2. The van der Waals surface area contributed by atoms with Crippen molar-refractivity contribution in [2.45, 2.75) is 30.1 Å². The SMILES string of the molecule is CCC1(c2nc3c(S(C)(=O)=O)cccc3n2C)CCNC1. The quantitative estimate of drug-likeness (QED) is 0.936. The maximum absolute atomic E-state index is 12.0. The van der Waals surface area contributed by atoms with Crippen LogP contribution in [0.3, 0.4) is 0 Å². The van der Waals surface area contributed by atoms with E-state index in [2.05, 4.69) is 16.8 Å². The number of para-hydroxylation sites is 1. The lowest BCUT2D eigenvalue weighted by Crippen LogP contribution is -2.31. The van der Waals surface area contributed by atoms with Crippen molar-refractivity contribution in [3.05, 3.63) is 24.0 Å². The molecule has 3 rings (SSSR count). The molecule has 2 aromatic rings. The molecule has 0 aliphatic carbocycles. The standard InChI is InChI=1S/C15H21N3O2S/c1-4-15(8-9-16-10-15)14-17-13-11(18(14)2)6-5-7-12(13)21(3,19)20/h5-7,16H,4,8-10H2,1-3H3. The Morgan fingerprint density at radius 1 is 1.43 bits per heavy atom. The minimum Gasteiger partial charge on any atom is -0.331 e. The van der Waals surface area contributed by atoms with Crippen molar-refractivity contribution in [2.75, 3.05) is 19.3 Å². The van der Waals surface area contributed by atoms with Crippen molar-refractivity contribution in [1.82, 2.24) is 14.9 Å². The molecule has 5 nitrogen and oxygen atoms in total. The van der Waals surface area contributed by atoms with E-state index in [-0.39, 0.29) is 5.41 Å². The number of nitrogens with zero attached hydrogens (tertiary/aromatic N) is 2. The molecule has 1 aromatic carbocycles. The van der Waals surface area contributed by atoms with Crippen molar-refractivity contribution in [1.29, 1.82) is 0 Å². The first-order valence-corrected chi connectivity index (χ1v) is 9.15. The molecule has 1 atom stereocenters. The third kappa shape index (κ3) is 2.17. The predicted molar refractivity (Wildman–Crippen MR) is 83.3 cm³/mol. The molecule has 1 N–H and O–H groups in total. The lowest BCUT2D eigenvalue weighted by molar-refractivity contribution is 0.415. The van der Waals surface area contributed by atoms with Gasteiger partial charge in [-0.15, -0.1) is 0 Å². The van der Waals surface area contributed by atoms with Gasteiger partial charge in [-0.2, -0.15) is 0 Å². The molecule has 2 heterocycles. The highest BCUT2D eigenvalue weighted by molar-refractivity contribution is 7.91. The maximum atomic E-state index is 12.0. The summed E-state index contributed by atoms with van der Waals surface area (Å²) in [6, 6.07) is 5.36. The van der Waals surface area contributed by atoms with Crippen molar-refractivity contribution in [3.63, 3.8) is 0 Å². The van der Waals surface area contributed by atoms with E-state index in [1.54, 1.807) is 12.1 Å². The van der Waals surface area contributed by atoms with Crippen LogP contribution >= 0.6 is 0 Å². The van der Waals surface area contributed by atoms with Gasteiger partial charge in [0, 0.05) is 25.3 Å². The highest BCUT2D eigenvalue weighted by Crippen LogP contribution is 2.36. The number of hydrogen-bond donors (Lipinski definition) is 1. The van der Waals surface area contributed by atoms with Crippen molar-refractivity contribution >= 4 is 20.9 Å². The summed E-state index contributed by atoms with van der Waals surface area (Å²) in [6.45, 7) is 4.05. The van der Waals surface area contributed by atoms with Gasteiger partial charge in [0.1, 0.15) is 11.3 Å². The van der Waals surface area contributed by atoms with Gasteiger partial charge in [-0.1, -0.05) is 13.0 Å². The largest absolute Gasteiger partial charge is 0.331 e. The summed E-state index contributed by atoms with van der Waals surface area (Å²) < 4.78 is 26.0. The Balaban J connectivity index is 2.30. The second kappa shape index (κ2) is 4.81. The van der Waals surface area contributed by atoms with Gasteiger partial charge in [0.25, 0.3) is 0 Å². The van der Waals surface area contributed by atoms with Gasteiger partial charge in [-0.25, -0.2) is 13.4 Å². The molecular formula is C15H21N3O2S. The molecule has 1 aromatic heterocycles. The van der Waals surface area contributed by atoms with Crippen LogP contribution in [-0.2, 0) is 22.3 Å². The molecule has 1 saturated heterocycles. The van der Waals surface area contributed by atoms with Crippen molar-refractivity contribution in [2.24, 2.45) is 7.05 Å². The Labute approximate surface area is 125 Å². The van der Waals surface area contributed by atoms with Gasteiger partial charge >= 0.3 is 0 Å². The fourth-order valence-electron chi connectivity index (χ4n) is 3.36. The van der Waals surface area contributed by atoms with Crippen LogP contribution in [0.25, 0.3) is 11.0 Å². The van der Waals surface area contributed by atoms with Crippen LogP contribution in [0.2, 0.25) is 0 Å². The first-order chi connectivity index (χ1) is 9.89. The molecule has 0 saturated carbocycles. The number of imidazole rings is 1. The summed E-state index contributed by atoms with van der Waals surface area (Å²) in [5.41, 5.74) is 1.48. The average Bonchev–Trinajstić information content (AvgIpc) is 3.03. The third-order valence-electron chi connectivity index (χ3n) is 4.67. The van der Waals surface area contributed by atoms with E-state index < -0.39 is 9.84 Å². The summed E-state index contributed by atoms with van der Waals surface area (Å²) in [4.78, 5) is 5.07. The van der Waals surface area contributed by atoms with Gasteiger partial charge < -0.3 is 9.88 Å². The smallest absolute Gasteiger partial charge is 0.177 e. The number of sulfone groups is 1. The molecule has 1 aliphatic rings. The first-order valence-electron chi connectivity index (χ1n) is 7.26. The van der Waals surface area contributed by atoms with E-state index in [1.165, 1.54) is 6.26 Å². The highest BCUT2D eigenvalue weighted by Gasteiger charge is 2.38. The summed E-state index contributed by atoms with van der Waals surface area (Å²) in [6.07, 6.45) is 3.27. The molecule has 1 unspecified atom stereocenters. The number of rotatable bonds is 3. The van der Waals surface area contributed by atoms with E-state index in [4.69, 9.17) is 4.98 Å². The monoisotopic (exact) mass is 307 g/mol. The Bertz CT molecular complexity index is 787. The van der Waals surface area contributed by atoms with Crippen LogP contribution in [0.15, 0.2) is 23.1 Å². The van der Waals surface area contributed by atoms with Crippen LogP contribution < -0.4 is 5.32 Å². The van der Waals surface area contributed by atoms with Crippen molar-refractivity contribution in [3.8, 4) is 0 Å². The second-order valence-corrected chi connectivity index (χ2v) is 7.94. The van der Waals surface area contributed by atoms with Gasteiger partial charge in [-0.05, 0) is 31.5 Å². The summed E-state index contributed by atoms with van der Waals surface area (Å²) >= 11 is 0. The normalized spacial score (nSPS) is 23.0. The first kappa shape index (κ1) is 14.5. The fraction of sp³-hybridized carbons (Fsp3) is 0.533. The molecule has 0 amide bonds. The minimum absolute atomic E-state index is 0.00252. The molecule has 0 bridgehead atoms. The number of nitrogens with one attached hydrogen (secondary N) is 1. The third-order valence-corrected chi connectivity index (χ3v) is 5.80. The Morgan fingerprint density at radius 2 is 2.19 bits per heavy atom. The average molecular weight is 307 g/mol. The number of fused-ring (bicyclic) bond motifs is 1. The lowest BCUT2D eigenvalue weighted by atomic mass is 9.83. The Morgan fingerprint density at radius 3 is 2.76 bits per heavy atom. The van der Waals surface area contributed by atoms with E-state index in [0.717, 1.165) is 37.3 Å². The predicted octanol–water partition coefficient (Wildman–Crippen LogP) is 1.62. The second-order valence-electron chi connectivity index (χ2n) is 5.95. The van der Waals surface area contributed by atoms with E-state index >= 15 is 0 Å². The topological polar surface area (TPSA) is 64.0 Å². The zero-order chi connectivity index (χ0) is 15.3. The highest BCUT2D eigenvalue weighted by atomic mass is 32.2. The lowest BCUT2D eigenvalue weighted by Gasteiger charge is -2.25. The zero-order valence-electron chi connectivity index (χ0n) is 12.7. The Hall–Kier alpha value is -1.40. The van der Waals surface area contributed by atoms with Crippen LogP contribution in [0.4, 0.5) is 0 Å². The van der Waals surface area contributed by atoms with Crippen LogP contribution in [0.1, 0.15) is 25.6 Å². The summed E-state index contributed by atoms with van der Waals surface area (Å²) in [5.74, 6) is 0.987. The fourth-order valence-corrected chi connectivity index (χ4v) is 4.18. The molecule has 21 heavy (non-hydrogen) atoms. The summed E-state index contributed by atoms with van der Waals surface area (Å²) in [7, 11) is -1.30. The van der Waals surface area contributed by atoms with Crippen LogP contribution in [-0.4, -0.2) is 37.3 Å². The van der Waals surface area contributed by atoms with E-state index in [9.17, 15) is 8.42 Å². The number of benzene rings is 1. The van der Waals surface area contributed by atoms with Gasteiger partial charge in [-0.3, -0.25) is 0 Å². The van der Waals surface area contributed by atoms with E-state index in [1.807, 2.05) is 13.1 Å². The maximum Gasteiger partial charge on any atom is 0.177 e. The molecule has 1 fully saturated rings. The molecule has 0 radical (unpaired) electrons. The Kier molecular flexibility index (Phi) is 3.33. The zero-order valence-corrected chi connectivity index (χ0v) is 13.5. The minimum atomic E-state index is -3.27. The molecular weight excluding hydrogens is 286 g/mol. The molecule has 6 heteroatoms. The van der Waals surface area contributed by atoms with Gasteiger partial charge in [0.2, 0.25) is 0 Å². The van der Waals surface area contributed by atoms with Crippen LogP contribution in [0, 0.1) is 0 Å². The number of aryl methyl sites for hydroxylation is 1.